The van der Waals surface area contributed by atoms with Crippen LogP contribution >= 0.6 is 11.3 Å². The summed E-state index contributed by atoms with van der Waals surface area (Å²) in [6, 6.07) is 5.35. The molecule has 4 nitrogen and oxygen atoms in total. The van der Waals surface area contributed by atoms with E-state index >= 15 is 0 Å². The molecule has 0 atom stereocenters. The molecular formula is C14H15F3N2O2S. The van der Waals surface area contributed by atoms with E-state index in [4.69, 9.17) is 9.47 Å². The highest BCUT2D eigenvalue weighted by Gasteiger charge is 2.33. The van der Waals surface area contributed by atoms with E-state index in [1.807, 2.05) is 13.0 Å². The molecule has 8 heteroatoms. The maximum atomic E-state index is 12.5. The maximum Gasteiger partial charge on any atom is 0.427 e. The molecular weight excluding hydrogens is 317 g/mol. The number of hydrogen-bond acceptors (Lipinski definition) is 5. The second-order valence-corrected chi connectivity index (χ2v) is 5.33. The summed E-state index contributed by atoms with van der Waals surface area (Å²) in [4.78, 5) is 3.00. The number of hydrogen-bond donors (Lipinski definition) is 1. The van der Waals surface area contributed by atoms with Crippen LogP contribution in [-0.4, -0.2) is 18.7 Å². The molecule has 0 aliphatic carbocycles. The van der Waals surface area contributed by atoms with Gasteiger partial charge in [0.1, 0.15) is 4.88 Å². The van der Waals surface area contributed by atoms with E-state index in [2.05, 4.69) is 10.3 Å². The van der Waals surface area contributed by atoms with Crippen molar-refractivity contribution in [3.05, 3.63) is 34.8 Å². The van der Waals surface area contributed by atoms with E-state index in [0.29, 0.717) is 36.0 Å². The fraction of sp³-hybridized carbons (Fsp3) is 0.357. The summed E-state index contributed by atoms with van der Waals surface area (Å²) in [5, 5.41) is 3.09. The van der Waals surface area contributed by atoms with Crippen LogP contribution < -0.4 is 14.8 Å². The largest absolute Gasteiger partial charge is 0.493 e. The molecule has 1 heterocycles. The minimum atomic E-state index is -4.36. The summed E-state index contributed by atoms with van der Waals surface area (Å²) in [6.07, 6.45) is -3.54. The Balaban J connectivity index is 2.05. The van der Waals surface area contributed by atoms with Crippen molar-refractivity contribution in [1.82, 2.24) is 4.98 Å². The van der Waals surface area contributed by atoms with Crippen LogP contribution in [0.5, 0.6) is 11.5 Å². The third-order valence-corrected chi connectivity index (χ3v) is 3.76. The predicted molar refractivity (Wildman–Crippen MR) is 78.6 cm³/mol. The lowest BCUT2D eigenvalue weighted by atomic mass is 10.2. The Morgan fingerprint density at radius 3 is 2.64 bits per heavy atom. The van der Waals surface area contributed by atoms with Gasteiger partial charge in [0.25, 0.3) is 0 Å². The summed E-state index contributed by atoms with van der Waals surface area (Å²) in [5.74, 6) is 1.21. The number of nitrogens with zero attached hydrogens (tertiary/aromatic N) is 1. The first-order valence-electron chi connectivity index (χ1n) is 6.50. The normalized spacial score (nSPS) is 11.3. The number of ether oxygens (including phenoxy) is 2. The molecule has 0 fully saturated rings. The van der Waals surface area contributed by atoms with Crippen LogP contribution in [0.2, 0.25) is 0 Å². The first-order chi connectivity index (χ1) is 10.4. The smallest absolute Gasteiger partial charge is 0.427 e. The van der Waals surface area contributed by atoms with Crippen LogP contribution in [0.25, 0.3) is 0 Å². The van der Waals surface area contributed by atoms with Crippen molar-refractivity contribution in [1.29, 1.82) is 0 Å². The average Bonchev–Trinajstić information content (AvgIpc) is 2.95. The van der Waals surface area contributed by atoms with Crippen LogP contribution in [0.1, 0.15) is 17.4 Å². The number of halogens is 3. The zero-order chi connectivity index (χ0) is 16.2. The number of rotatable bonds is 6. The molecule has 1 aromatic carbocycles. The molecule has 0 spiro atoms. The summed E-state index contributed by atoms with van der Waals surface area (Å²) < 4.78 is 48.1. The topological polar surface area (TPSA) is 43.4 Å². The van der Waals surface area contributed by atoms with Gasteiger partial charge in [-0.2, -0.15) is 13.2 Å². The number of aromatic nitrogens is 1. The van der Waals surface area contributed by atoms with Gasteiger partial charge in [-0.15, -0.1) is 0 Å². The Hall–Kier alpha value is -1.96. The summed E-state index contributed by atoms with van der Waals surface area (Å²) in [6.45, 7) is 2.70. The quantitative estimate of drug-likeness (QED) is 0.862. The molecule has 1 N–H and O–H groups in total. The molecule has 0 saturated heterocycles. The third kappa shape index (κ3) is 4.03. The van der Waals surface area contributed by atoms with Crippen LogP contribution in [0.4, 0.5) is 18.3 Å². The highest BCUT2D eigenvalue weighted by molar-refractivity contribution is 7.15. The molecule has 0 bridgehead atoms. The zero-order valence-electron chi connectivity index (χ0n) is 12.0. The fourth-order valence-corrected chi connectivity index (χ4v) is 2.44. The standard InChI is InChI=1S/C14H15F3N2O2S/c1-3-21-11-6-9(4-5-10(11)20-2)7-18-13-19-8-12(22-13)14(15,16)17/h4-6,8H,3,7H2,1-2H3,(H,18,19). The number of anilines is 1. The number of benzene rings is 1. The van der Waals surface area contributed by atoms with Gasteiger partial charge in [-0.25, -0.2) is 4.98 Å². The van der Waals surface area contributed by atoms with Gasteiger partial charge in [0.05, 0.1) is 19.9 Å². The second kappa shape index (κ2) is 6.87. The molecule has 0 unspecified atom stereocenters. The molecule has 2 rings (SSSR count). The first-order valence-corrected chi connectivity index (χ1v) is 7.32. The van der Waals surface area contributed by atoms with Gasteiger partial charge in [-0.3, -0.25) is 0 Å². The minimum Gasteiger partial charge on any atom is -0.493 e. The van der Waals surface area contributed by atoms with E-state index in [9.17, 15) is 13.2 Å². The monoisotopic (exact) mass is 332 g/mol. The lowest BCUT2D eigenvalue weighted by molar-refractivity contribution is -0.134. The van der Waals surface area contributed by atoms with Crippen molar-refractivity contribution >= 4 is 16.5 Å². The number of methoxy groups -OCH3 is 1. The SMILES string of the molecule is CCOc1cc(CNc2ncc(C(F)(F)F)s2)ccc1OC. The lowest BCUT2D eigenvalue weighted by Crippen LogP contribution is -2.01. The number of nitrogens with one attached hydrogen (secondary N) is 1. The molecule has 2 aromatic rings. The van der Waals surface area contributed by atoms with Crippen molar-refractivity contribution in [3.8, 4) is 11.5 Å². The minimum absolute atomic E-state index is 0.223. The van der Waals surface area contributed by atoms with Crippen molar-refractivity contribution in [2.45, 2.75) is 19.6 Å². The van der Waals surface area contributed by atoms with Gasteiger partial charge in [0.15, 0.2) is 16.6 Å². The summed E-state index contributed by atoms with van der Waals surface area (Å²) in [5.41, 5.74) is 0.855. The van der Waals surface area contributed by atoms with Gasteiger partial charge >= 0.3 is 6.18 Å². The van der Waals surface area contributed by atoms with Gasteiger partial charge < -0.3 is 14.8 Å². The Morgan fingerprint density at radius 1 is 1.27 bits per heavy atom. The van der Waals surface area contributed by atoms with E-state index in [0.717, 1.165) is 11.8 Å². The van der Waals surface area contributed by atoms with Gasteiger partial charge in [-0.1, -0.05) is 17.4 Å². The predicted octanol–water partition coefficient (Wildman–Crippen LogP) is 4.18. The first kappa shape index (κ1) is 16.4. The summed E-state index contributed by atoms with van der Waals surface area (Å²) >= 11 is 0.578. The molecule has 0 aliphatic heterocycles. The number of alkyl halides is 3. The van der Waals surface area contributed by atoms with Crippen LogP contribution in [0.3, 0.4) is 0 Å². The molecule has 0 radical (unpaired) electrons. The fourth-order valence-electron chi connectivity index (χ4n) is 1.76. The van der Waals surface area contributed by atoms with Crippen molar-refractivity contribution in [2.24, 2.45) is 0 Å². The molecule has 0 aliphatic rings. The van der Waals surface area contributed by atoms with Crippen molar-refractivity contribution in [3.63, 3.8) is 0 Å². The molecule has 1 aromatic heterocycles. The van der Waals surface area contributed by atoms with Gasteiger partial charge in [0, 0.05) is 6.54 Å². The van der Waals surface area contributed by atoms with Crippen molar-refractivity contribution in [2.75, 3.05) is 19.0 Å². The average molecular weight is 332 g/mol. The molecule has 0 amide bonds. The van der Waals surface area contributed by atoms with Crippen LogP contribution in [0.15, 0.2) is 24.4 Å². The molecule has 22 heavy (non-hydrogen) atoms. The van der Waals surface area contributed by atoms with E-state index < -0.39 is 11.1 Å². The Kier molecular flexibility index (Phi) is 5.12. The summed E-state index contributed by atoms with van der Waals surface area (Å²) in [7, 11) is 1.55. The lowest BCUT2D eigenvalue weighted by Gasteiger charge is -2.11. The Labute approximate surface area is 129 Å². The van der Waals surface area contributed by atoms with E-state index in [-0.39, 0.29) is 5.13 Å². The third-order valence-electron chi connectivity index (χ3n) is 2.76. The number of thiazole rings is 1. The highest BCUT2D eigenvalue weighted by atomic mass is 32.1. The molecule has 0 saturated carbocycles. The Bertz CT molecular complexity index is 629. The van der Waals surface area contributed by atoms with Gasteiger partial charge in [0.2, 0.25) is 0 Å². The highest BCUT2D eigenvalue weighted by Crippen LogP contribution is 2.35. The zero-order valence-corrected chi connectivity index (χ0v) is 12.8. The van der Waals surface area contributed by atoms with Gasteiger partial charge in [-0.05, 0) is 24.6 Å². The Morgan fingerprint density at radius 2 is 2.05 bits per heavy atom. The van der Waals surface area contributed by atoms with Crippen LogP contribution in [-0.2, 0) is 12.7 Å². The van der Waals surface area contributed by atoms with E-state index in [1.54, 1.807) is 19.2 Å². The second-order valence-electron chi connectivity index (χ2n) is 4.30. The maximum absolute atomic E-state index is 12.5. The van der Waals surface area contributed by atoms with Crippen molar-refractivity contribution < 1.29 is 22.6 Å². The van der Waals surface area contributed by atoms with Crippen LogP contribution in [0, 0.1) is 0 Å². The van der Waals surface area contributed by atoms with E-state index in [1.165, 1.54) is 0 Å². The molecule has 120 valence electrons.